The van der Waals surface area contributed by atoms with Gasteiger partial charge in [-0.2, -0.15) is 0 Å². The summed E-state index contributed by atoms with van der Waals surface area (Å²) in [4.78, 5) is 4.08. The van der Waals surface area contributed by atoms with Crippen LogP contribution in [0.1, 0.15) is 16.7 Å². The minimum Gasteiger partial charge on any atom is -0.243 e. The third kappa shape index (κ3) is 3.80. The molecule has 1 aromatic heterocycles. The maximum atomic E-state index is 6.03. The molecule has 2 aromatic rings. The minimum absolute atomic E-state index is 0.512. The van der Waals surface area contributed by atoms with E-state index < -0.39 is 0 Å². The fourth-order valence-corrected chi connectivity index (χ4v) is 2.48. The Labute approximate surface area is 134 Å². The molecule has 0 bridgehead atoms. The van der Waals surface area contributed by atoms with Gasteiger partial charge in [-0.05, 0) is 33.1 Å². The molecule has 92 valence electrons. The van der Waals surface area contributed by atoms with Gasteiger partial charge in [-0.1, -0.05) is 70.6 Å². The van der Waals surface area contributed by atoms with Gasteiger partial charge in [-0.3, -0.25) is 0 Å². The molecule has 0 unspecified atom stereocenters. The molecule has 1 nitrogen and oxygen atoms in total. The van der Waals surface area contributed by atoms with Gasteiger partial charge in [-0.25, -0.2) is 4.98 Å². The summed E-state index contributed by atoms with van der Waals surface area (Å²) in [6.45, 7) is 0. The van der Waals surface area contributed by atoms with Gasteiger partial charge in [0.2, 0.25) is 0 Å². The molecule has 0 amide bonds. The highest BCUT2D eigenvalue weighted by atomic mass is 127. The van der Waals surface area contributed by atoms with Gasteiger partial charge in [0.25, 0.3) is 0 Å². The molecular formula is C14H10BrClIN. The molecule has 0 aliphatic carbocycles. The van der Waals surface area contributed by atoms with E-state index in [1.807, 2.05) is 18.2 Å². The van der Waals surface area contributed by atoms with Gasteiger partial charge in [0.05, 0.1) is 0 Å². The van der Waals surface area contributed by atoms with E-state index in [0.717, 1.165) is 20.0 Å². The lowest BCUT2D eigenvalue weighted by Crippen LogP contribution is -1.81. The Hall–Kier alpha value is -0.390. The first kappa shape index (κ1) is 14.0. The van der Waals surface area contributed by atoms with Crippen LogP contribution in [0.3, 0.4) is 0 Å². The number of hydrogen-bond donors (Lipinski definition) is 0. The molecule has 0 aliphatic heterocycles. The van der Waals surface area contributed by atoms with Crippen molar-refractivity contribution < 1.29 is 0 Å². The van der Waals surface area contributed by atoms with Gasteiger partial charge in [-0.15, -0.1) is 0 Å². The third-order valence-corrected chi connectivity index (χ3v) is 4.05. The quantitative estimate of drug-likeness (QED) is 0.348. The molecule has 0 aliphatic rings. The lowest BCUT2D eigenvalue weighted by molar-refractivity contribution is 1.30. The molecule has 0 saturated heterocycles. The van der Waals surface area contributed by atoms with E-state index in [4.69, 9.17) is 11.6 Å². The van der Waals surface area contributed by atoms with E-state index in [1.165, 1.54) is 5.56 Å². The van der Waals surface area contributed by atoms with Crippen molar-refractivity contribution in [3.63, 3.8) is 0 Å². The summed E-state index contributed by atoms with van der Waals surface area (Å²) in [5.74, 6) is 0. The van der Waals surface area contributed by atoms with Crippen LogP contribution >= 0.6 is 50.1 Å². The van der Waals surface area contributed by atoms with Crippen molar-refractivity contribution in [3.05, 3.63) is 62.8 Å². The summed E-state index contributed by atoms with van der Waals surface area (Å²) in [7, 11) is 0. The normalized spacial score (nSPS) is 11.1. The molecule has 18 heavy (non-hydrogen) atoms. The number of hydrogen-bond acceptors (Lipinski definition) is 1. The molecular weight excluding hydrogens is 424 g/mol. The number of halogens is 3. The van der Waals surface area contributed by atoms with E-state index in [0.29, 0.717) is 5.15 Å². The number of aromatic nitrogens is 1. The fourth-order valence-electron chi connectivity index (χ4n) is 1.46. The van der Waals surface area contributed by atoms with Crippen LogP contribution in [0, 0.1) is 0 Å². The first-order valence-electron chi connectivity index (χ1n) is 5.33. The molecule has 0 radical (unpaired) electrons. The van der Waals surface area contributed by atoms with Gasteiger partial charge < -0.3 is 0 Å². The van der Waals surface area contributed by atoms with E-state index in [2.05, 4.69) is 67.8 Å². The zero-order chi connectivity index (χ0) is 13.0. The Morgan fingerprint density at radius 2 is 1.94 bits per heavy atom. The van der Waals surface area contributed by atoms with Crippen LogP contribution in [0.5, 0.6) is 0 Å². The van der Waals surface area contributed by atoms with Crippen LogP contribution < -0.4 is 0 Å². The average Bonchev–Trinajstić information content (AvgIpc) is 2.40. The number of benzene rings is 1. The van der Waals surface area contributed by atoms with Gasteiger partial charge in [0, 0.05) is 20.7 Å². The summed E-state index contributed by atoms with van der Waals surface area (Å²) < 4.78 is 1.95. The molecule has 1 aromatic carbocycles. The fraction of sp³-hybridized carbons (Fsp3) is 0.0714. The predicted molar refractivity (Wildman–Crippen MR) is 90.0 cm³/mol. The summed E-state index contributed by atoms with van der Waals surface area (Å²) in [6, 6.07) is 10.4. The van der Waals surface area contributed by atoms with Crippen LogP contribution in [0.4, 0.5) is 0 Å². The number of nitrogens with zero attached hydrogens (tertiary/aromatic N) is 1. The summed E-state index contributed by atoms with van der Waals surface area (Å²) >= 11 is 11.8. The monoisotopic (exact) mass is 433 g/mol. The Balaban J connectivity index is 2.21. The van der Waals surface area contributed by atoms with Crippen molar-refractivity contribution in [1.82, 2.24) is 4.98 Å². The summed E-state index contributed by atoms with van der Waals surface area (Å²) in [6.07, 6.45) is 5.69. The SMILES string of the molecule is Clc1ncc(Br)cc1/C=C/c1ccc(CI)cc1. The minimum atomic E-state index is 0.512. The Morgan fingerprint density at radius 3 is 2.61 bits per heavy atom. The second-order valence-electron chi connectivity index (χ2n) is 3.74. The molecule has 0 atom stereocenters. The van der Waals surface area contributed by atoms with Crippen molar-refractivity contribution in [1.29, 1.82) is 0 Å². The van der Waals surface area contributed by atoms with Crippen LogP contribution in [0.25, 0.3) is 12.2 Å². The highest BCUT2D eigenvalue weighted by molar-refractivity contribution is 14.1. The highest BCUT2D eigenvalue weighted by Gasteiger charge is 1.98. The Kier molecular flexibility index (Phi) is 5.21. The lowest BCUT2D eigenvalue weighted by atomic mass is 10.1. The Bertz CT molecular complexity index is 567. The number of rotatable bonds is 3. The van der Waals surface area contributed by atoms with Gasteiger partial charge in [0.1, 0.15) is 5.15 Å². The zero-order valence-electron chi connectivity index (χ0n) is 9.41. The summed E-state index contributed by atoms with van der Waals surface area (Å²) in [5, 5.41) is 0.512. The van der Waals surface area contributed by atoms with Crippen molar-refractivity contribution in [2.45, 2.75) is 4.43 Å². The first-order valence-corrected chi connectivity index (χ1v) is 8.03. The molecule has 0 saturated carbocycles. The smallest absolute Gasteiger partial charge is 0.136 e. The van der Waals surface area contributed by atoms with Crippen LogP contribution in [-0.2, 0) is 4.43 Å². The Morgan fingerprint density at radius 1 is 1.22 bits per heavy atom. The molecule has 4 heteroatoms. The number of alkyl halides is 1. The maximum absolute atomic E-state index is 6.03. The third-order valence-electron chi connectivity index (χ3n) is 2.42. The van der Waals surface area contributed by atoms with E-state index in [9.17, 15) is 0 Å². The zero-order valence-corrected chi connectivity index (χ0v) is 13.9. The maximum Gasteiger partial charge on any atom is 0.136 e. The highest BCUT2D eigenvalue weighted by Crippen LogP contribution is 2.20. The lowest BCUT2D eigenvalue weighted by Gasteiger charge is -1.99. The van der Waals surface area contributed by atoms with E-state index >= 15 is 0 Å². The van der Waals surface area contributed by atoms with Crippen LogP contribution in [0.15, 0.2) is 41.0 Å². The topological polar surface area (TPSA) is 12.9 Å². The second-order valence-corrected chi connectivity index (χ2v) is 5.78. The van der Waals surface area contributed by atoms with E-state index in [1.54, 1.807) is 6.20 Å². The van der Waals surface area contributed by atoms with Crippen molar-refractivity contribution in [3.8, 4) is 0 Å². The van der Waals surface area contributed by atoms with Crippen molar-refractivity contribution in [2.75, 3.05) is 0 Å². The molecule has 0 N–H and O–H groups in total. The molecule has 0 spiro atoms. The second kappa shape index (κ2) is 6.68. The van der Waals surface area contributed by atoms with E-state index in [-0.39, 0.29) is 0 Å². The number of pyridine rings is 1. The molecule has 0 fully saturated rings. The van der Waals surface area contributed by atoms with Gasteiger partial charge in [0.15, 0.2) is 0 Å². The first-order chi connectivity index (χ1) is 8.69. The average molecular weight is 435 g/mol. The van der Waals surface area contributed by atoms with Crippen molar-refractivity contribution in [2.24, 2.45) is 0 Å². The van der Waals surface area contributed by atoms with Crippen molar-refractivity contribution >= 4 is 62.3 Å². The van der Waals surface area contributed by atoms with Crippen LogP contribution in [-0.4, -0.2) is 4.98 Å². The van der Waals surface area contributed by atoms with Crippen LogP contribution in [0.2, 0.25) is 5.15 Å². The standard InChI is InChI=1S/C14H10BrClIN/c15-13-7-12(14(16)18-9-13)6-5-10-1-3-11(8-17)4-2-10/h1-7,9H,8H2/b6-5+. The largest absolute Gasteiger partial charge is 0.243 e. The molecule has 1 heterocycles. The van der Waals surface area contributed by atoms with Gasteiger partial charge >= 0.3 is 0 Å². The summed E-state index contributed by atoms with van der Waals surface area (Å²) in [5.41, 5.74) is 3.39. The predicted octanol–water partition coefficient (Wildman–Crippen LogP) is 5.60. The molecule has 2 rings (SSSR count).